The van der Waals surface area contributed by atoms with Crippen molar-refractivity contribution in [3.05, 3.63) is 52.6 Å². The summed E-state index contributed by atoms with van der Waals surface area (Å²) in [5.74, 6) is 0. The summed E-state index contributed by atoms with van der Waals surface area (Å²) in [7, 11) is 1.96. The van der Waals surface area contributed by atoms with Gasteiger partial charge in [-0.1, -0.05) is 44.5 Å². The molecule has 94 valence electrons. The summed E-state index contributed by atoms with van der Waals surface area (Å²) >= 11 is 9.32. The third kappa shape index (κ3) is 6.54. The molecule has 0 spiro atoms. The number of hydrogen-bond donors (Lipinski definition) is 0. The Hall–Kier alpha value is -0.730. The lowest BCUT2D eigenvalue weighted by Gasteiger charge is -2.14. The van der Waals surface area contributed by atoms with E-state index in [1.54, 1.807) is 6.08 Å². The van der Waals surface area contributed by atoms with E-state index < -0.39 is 0 Å². The number of hydrogen-bond acceptors (Lipinski definition) is 1. The Morgan fingerprint density at radius 2 is 2.00 bits per heavy atom. The van der Waals surface area contributed by atoms with Gasteiger partial charge in [0.2, 0.25) is 0 Å². The average molecular weight is 317 g/mol. The lowest BCUT2D eigenvalue weighted by molar-refractivity contribution is 1.09. The molecule has 0 aliphatic heterocycles. The molecule has 3 heteroatoms. The molecule has 0 radical (unpaired) electrons. The van der Waals surface area contributed by atoms with Gasteiger partial charge in [-0.25, -0.2) is 0 Å². The smallest absolute Gasteiger partial charge is 0.0568 e. The van der Waals surface area contributed by atoms with Crippen LogP contribution < -0.4 is 4.90 Å². The van der Waals surface area contributed by atoms with E-state index in [0.717, 1.165) is 10.2 Å². The van der Waals surface area contributed by atoms with Gasteiger partial charge in [0.25, 0.3) is 0 Å². The van der Waals surface area contributed by atoms with Gasteiger partial charge in [-0.3, -0.25) is 0 Å². The Bertz CT molecular complexity index is 374. The fraction of sp³-hybridized carbons (Fsp3) is 0.286. The minimum atomic E-state index is 0.710. The molecule has 0 aromatic heterocycles. The zero-order valence-corrected chi connectivity index (χ0v) is 12.9. The largest absolute Gasteiger partial charge is 0.351 e. The van der Waals surface area contributed by atoms with E-state index in [4.69, 9.17) is 11.6 Å². The van der Waals surface area contributed by atoms with Crippen LogP contribution in [-0.2, 0) is 0 Å². The van der Waals surface area contributed by atoms with Crippen LogP contribution in [0.15, 0.2) is 47.6 Å². The van der Waals surface area contributed by atoms with Crippen molar-refractivity contribution in [1.82, 2.24) is 0 Å². The predicted octanol–water partition coefficient (Wildman–Crippen LogP) is 5.65. The molecule has 0 saturated heterocycles. The van der Waals surface area contributed by atoms with E-state index >= 15 is 0 Å². The minimum absolute atomic E-state index is 0.710. The number of halogens is 2. The van der Waals surface area contributed by atoms with Crippen molar-refractivity contribution in [3.8, 4) is 0 Å². The highest BCUT2D eigenvalue weighted by Gasteiger charge is 2.00. The molecule has 0 unspecified atom stereocenters. The van der Waals surface area contributed by atoms with Crippen molar-refractivity contribution in [2.75, 3.05) is 11.9 Å². The highest BCUT2D eigenvalue weighted by molar-refractivity contribution is 9.10. The van der Waals surface area contributed by atoms with Gasteiger partial charge >= 0.3 is 0 Å². The quantitative estimate of drug-likeness (QED) is 0.651. The zero-order valence-electron chi connectivity index (χ0n) is 10.6. The van der Waals surface area contributed by atoms with E-state index in [1.807, 2.05) is 42.4 Å². The molecular formula is C14H19BrClN. The van der Waals surface area contributed by atoms with Gasteiger partial charge in [0.1, 0.15) is 0 Å². The van der Waals surface area contributed by atoms with Gasteiger partial charge in [-0.15, -0.1) is 0 Å². The summed E-state index contributed by atoms with van der Waals surface area (Å²) in [6, 6.07) is 5.82. The van der Waals surface area contributed by atoms with Crippen LogP contribution >= 0.6 is 27.5 Å². The molecule has 17 heavy (non-hydrogen) atoms. The molecule has 0 bridgehead atoms. The summed E-state index contributed by atoms with van der Waals surface area (Å²) < 4.78 is 0.906. The fourth-order valence-electron chi connectivity index (χ4n) is 0.980. The summed E-state index contributed by atoms with van der Waals surface area (Å²) in [4.78, 5) is 1.97. The van der Waals surface area contributed by atoms with Gasteiger partial charge < -0.3 is 4.90 Å². The molecule has 0 N–H and O–H groups in total. The standard InChI is InChI=1S/C11H11BrClN.C3H8/c1-3-4-7-14(2)9-5-6-10(12)11(13)8-9;1-3-2/h3-8H,1H2,2H3;3H2,1-2H3/b7-4-;. The molecule has 0 aliphatic carbocycles. The van der Waals surface area contributed by atoms with E-state index in [2.05, 4.69) is 36.4 Å². The maximum Gasteiger partial charge on any atom is 0.0568 e. The Balaban J connectivity index is 0.000000770. The van der Waals surface area contributed by atoms with Crippen molar-refractivity contribution < 1.29 is 0 Å². The lowest BCUT2D eigenvalue weighted by Crippen LogP contribution is -2.07. The van der Waals surface area contributed by atoms with Gasteiger partial charge in [0.15, 0.2) is 0 Å². The Kier molecular flexibility index (Phi) is 8.92. The first-order valence-electron chi connectivity index (χ1n) is 5.53. The molecule has 1 aromatic carbocycles. The first-order chi connectivity index (χ1) is 8.06. The number of benzene rings is 1. The normalized spacial score (nSPS) is 9.71. The summed E-state index contributed by atoms with van der Waals surface area (Å²) in [5.41, 5.74) is 1.04. The van der Waals surface area contributed by atoms with Crippen LogP contribution in [0.3, 0.4) is 0 Å². The first kappa shape index (κ1) is 16.3. The molecule has 0 atom stereocenters. The minimum Gasteiger partial charge on any atom is -0.351 e. The maximum atomic E-state index is 5.97. The maximum absolute atomic E-state index is 5.97. The lowest BCUT2D eigenvalue weighted by atomic mass is 10.3. The van der Waals surface area contributed by atoms with Crippen LogP contribution in [0.4, 0.5) is 5.69 Å². The SMILES string of the molecule is C=C/C=C\N(C)c1ccc(Br)c(Cl)c1.CCC. The van der Waals surface area contributed by atoms with Crippen molar-refractivity contribution >= 4 is 33.2 Å². The molecule has 1 nitrogen and oxygen atoms in total. The molecule has 0 fully saturated rings. The van der Waals surface area contributed by atoms with Crippen molar-refractivity contribution in [3.63, 3.8) is 0 Å². The average Bonchev–Trinajstić information content (AvgIpc) is 2.30. The van der Waals surface area contributed by atoms with Gasteiger partial charge in [0.05, 0.1) is 5.02 Å². The van der Waals surface area contributed by atoms with Crippen molar-refractivity contribution in [2.24, 2.45) is 0 Å². The number of nitrogens with zero attached hydrogens (tertiary/aromatic N) is 1. The van der Waals surface area contributed by atoms with Gasteiger partial charge in [-0.05, 0) is 40.2 Å². The third-order valence-corrected chi connectivity index (χ3v) is 2.99. The van der Waals surface area contributed by atoms with E-state index in [9.17, 15) is 0 Å². The number of allylic oxidation sites excluding steroid dienone is 2. The van der Waals surface area contributed by atoms with Crippen molar-refractivity contribution in [2.45, 2.75) is 20.3 Å². The number of anilines is 1. The summed E-state index contributed by atoms with van der Waals surface area (Å²) in [5, 5.41) is 0.710. The van der Waals surface area contributed by atoms with Crippen molar-refractivity contribution in [1.29, 1.82) is 0 Å². The number of rotatable bonds is 3. The van der Waals surface area contributed by atoms with E-state index in [-0.39, 0.29) is 0 Å². The second kappa shape index (κ2) is 9.32. The molecule has 1 rings (SSSR count). The third-order valence-electron chi connectivity index (χ3n) is 1.76. The monoisotopic (exact) mass is 315 g/mol. The molecule has 0 saturated carbocycles. The summed E-state index contributed by atoms with van der Waals surface area (Å²) in [6.45, 7) is 7.86. The molecule has 0 heterocycles. The second-order valence-corrected chi connectivity index (χ2v) is 4.76. The van der Waals surface area contributed by atoms with Crippen LogP contribution in [0.2, 0.25) is 5.02 Å². The van der Waals surface area contributed by atoms with Crippen LogP contribution in [0.25, 0.3) is 0 Å². The Morgan fingerprint density at radius 3 is 2.47 bits per heavy atom. The Labute approximate surface area is 118 Å². The molecule has 0 aliphatic rings. The van der Waals surface area contributed by atoms with Gasteiger partial charge in [0, 0.05) is 23.4 Å². The van der Waals surface area contributed by atoms with Crippen LogP contribution in [0.5, 0.6) is 0 Å². The van der Waals surface area contributed by atoms with Crippen LogP contribution in [-0.4, -0.2) is 7.05 Å². The first-order valence-corrected chi connectivity index (χ1v) is 6.71. The van der Waals surface area contributed by atoms with E-state index in [0.29, 0.717) is 5.02 Å². The zero-order chi connectivity index (χ0) is 13.3. The van der Waals surface area contributed by atoms with E-state index in [1.165, 1.54) is 6.42 Å². The molecule has 0 amide bonds. The highest BCUT2D eigenvalue weighted by Crippen LogP contribution is 2.27. The molecular weight excluding hydrogens is 298 g/mol. The fourth-order valence-corrected chi connectivity index (χ4v) is 1.40. The molecule has 1 aromatic rings. The topological polar surface area (TPSA) is 3.24 Å². The highest BCUT2D eigenvalue weighted by atomic mass is 79.9. The second-order valence-electron chi connectivity index (χ2n) is 3.49. The summed E-state index contributed by atoms with van der Waals surface area (Å²) in [6.07, 6.45) is 6.78. The van der Waals surface area contributed by atoms with Crippen LogP contribution in [0.1, 0.15) is 20.3 Å². The predicted molar refractivity (Wildman–Crippen MR) is 82.9 cm³/mol. The van der Waals surface area contributed by atoms with Crippen LogP contribution in [0, 0.1) is 0 Å². The van der Waals surface area contributed by atoms with Gasteiger partial charge in [-0.2, -0.15) is 0 Å². The Morgan fingerprint density at radius 1 is 1.41 bits per heavy atom.